The number of amides is 1. The number of carbonyl (C=O) groups excluding carboxylic acids is 1. The maximum atomic E-state index is 13.0. The summed E-state index contributed by atoms with van der Waals surface area (Å²) in [7, 11) is 0. The quantitative estimate of drug-likeness (QED) is 0.597. The molecule has 1 aromatic heterocycles. The maximum Gasteiger partial charge on any atom is 0.292 e. The number of benzene rings is 1. The number of hydrogen-bond donors (Lipinski definition) is 1. The lowest BCUT2D eigenvalue weighted by Gasteiger charge is -2.37. The number of piperidine rings is 1. The van der Waals surface area contributed by atoms with Gasteiger partial charge in [0.1, 0.15) is 12.2 Å². The fourth-order valence-corrected chi connectivity index (χ4v) is 5.08. The third-order valence-electron chi connectivity index (χ3n) is 6.08. The summed E-state index contributed by atoms with van der Waals surface area (Å²) in [6.07, 6.45) is 1.51. The molecule has 0 spiro atoms. The Balaban J connectivity index is 1.28. The van der Waals surface area contributed by atoms with E-state index in [1.54, 1.807) is 34.4 Å². The molecule has 0 radical (unpaired) electrons. The van der Waals surface area contributed by atoms with Crippen molar-refractivity contribution >= 4 is 28.6 Å². The summed E-state index contributed by atoms with van der Waals surface area (Å²) < 4.78 is 0. The zero-order chi connectivity index (χ0) is 20.2. The Morgan fingerprint density at radius 1 is 1.14 bits per heavy atom. The van der Waals surface area contributed by atoms with Gasteiger partial charge in [-0.25, -0.2) is 0 Å². The normalized spacial score (nSPS) is 18.8. The molecule has 2 aromatic rings. The van der Waals surface area contributed by atoms with Crippen LogP contribution in [-0.4, -0.2) is 55.0 Å². The van der Waals surface area contributed by atoms with Crippen molar-refractivity contribution in [3.05, 3.63) is 56.8 Å². The molecule has 1 aromatic carbocycles. The monoisotopic (exact) mass is 415 g/mol. The molecule has 0 unspecified atom stereocenters. The third kappa shape index (κ3) is 4.59. The second-order valence-corrected chi connectivity index (χ2v) is 8.67. The van der Waals surface area contributed by atoms with Crippen molar-refractivity contribution in [1.29, 1.82) is 0 Å². The number of carbonyl (C=O) groups is 1. The van der Waals surface area contributed by atoms with E-state index < -0.39 is 0 Å². The van der Waals surface area contributed by atoms with E-state index in [1.807, 2.05) is 15.9 Å². The highest BCUT2D eigenvalue weighted by atomic mass is 32.1. The molecule has 3 heterocycles. The molecule has 2 saturated heterocycles. The summed E-state index contributed by atoms with van der Waals surface area (Å²) in [6, 6.07) is 9.05. The summed E-state index contributed by atoms with van der Waals surface area (Å²) in [5, 5.41) is 15.6. The van der Waals surface area contributed by atoms with Crippen LogP contribution in [0.3, 0.4) is 0 Å². The van der Waals surface area contributed by atoms with Crippen LogP contribution in [0.5, 0.6) is 0 Å². The van der Waals surface area contributed by atoms with E-state index in [9.17, 15) is 14.9 Å². The van der Waals surface area contributed by atoms with Crippen LogP contribution in [0.2, 0.25) is 0 Å². The number of anilines is 1. The van der Waals surface area contributed by atoms with E-state index in [1.165, 1.54) is 5.56 Å². The highest BCUT2D eigenvalue weighted by Gasteiger charge is 2.32. The fourth-order valence-electron chi connectivity index (χ4n) is 4.41. The highest BCUT2D eigenvalue weighted by Crippen LogP contribution is 2.31. The lowest BCUT2D eigenvalue weighted by atomic mass is 9.94. The number of rotatable bonds is 5. The highest BCUT2D eigenvalue weighted by molar-refractivity contribution is 7.07. The summed E-state index contributed by atoms with van der Waals surface area (Å²) >= 11 is 1.73. The van der Waals surface area contributed by atoms with Crippen LogP contribution in [0.1, 0.15) is 18.4 Å². The molecule has 0 saturated carbocycles. The number of nitro groups is 1. The van der Waals surface area contributed by atoms with Gasteiger partial charge in [0.05, 0.1) is 31.1 Å². The van der Waals surface area contributed by atoms with Crippen molar-refractivity contribution in [2.75, 3.05) is 44.2 Å². The first-order valence-corrected chi connectivity index (χ1v) is 11.2. The molecule has 0 atom stereocenters. The molecular formula is C21H27N4O3S+. The summed E-state index contributed by atoms with van der Waals surface area (Å²) in [6.45, 7) is 6.05. The number of nitrogens with one attached hydrogen (secondary N) is 1. The van der Waals surface area contributed by atoms with E-state index >= 15 is 0 Å². The van der Waals surface area contributed by atoms with Gasteiger partial charge in [-0.05, 0) is 35.7 Å². The van der Waals surface area contributed by atoms with Crippen molar-refractivity contribution in [2.24, 2.45) is 5.92 Å². The minimum Gasteiger partial charge on any atom is -0.366 e. The van der Waals surface area contributed by atoms with Crippen LogP contribution in [0.4, 0.5) is 11.4 Å². The predicted octanol–water partition coefficient (Wildman–Crippen LogP) is 1.80. The van der Waals surface area contributed by atoms with Crippen LogP contribution in [-0.2, 0) is 11.3 Å². The van der Waals surface area contributed by atoms with Crippen LogP contribution >= 0.6 is 11.3 Å². The Labute approximate surface area is 174 Å². The molecule has 1 amide bonds. The average Bonchev–Trinajstić information content (AvgIpc) is 3.27. The molecular weight excluding hydrogens is 388 g/mol. The van der Waals surface area contributed by atoms with Gasteiger partial charge in [0.15, 0.2) is 0 Å². The van der Waals surface area contributed by atoms with E-state index in [4.69, 9.17) is 0 Å². The van der Waals surface area contributed by atoms with Crippen molar-refractivity contribution in [3.63, 3.8) is 0 Å². The second-order valence-electron chi connectivity index (χ2n) is 7.89. The van der Waals surface area contributed by atoms with E-state index in [0.29, 0.717) is 18.8 Å². The Hall–Kier alpha value is -2.45. The van der Waals surface area contributed by atoms with Gasteiger partial charge in [0.2, 0.25) is 5.91 Å². The van der Waals surface area contributed by atoms with Crippen molar-refractivity contribution in [2.45, 2.75) is 19.4 Å². The molecule has 2 aliphatic rings. The SMILES string of the molecule is O=C(C1CCN(c2ccccc2[N+](=O)[O-])CC1)N1CC[NH+](Cc2ccsc2)CC1. The van der Waals surface area contributed by atoms with Crippen molar-refractivity contribution in [3.8, 4) is 0 Å². The zero-order valence-corrected chi connectivity index (χ0v) is 17.3. The van der Waals surface area contributed by atoms with Gasteiger partial charge >= 0.3 is 0 Å². The Morgan fingerprint density at radius 2 is 1.86 bits per heavy atom. The number of nitrogens with zero attached hydrogens (tertiary/aromatic N) is 3. The molecule has 4 rings (SSSR count). The Morgan fingerprint density at radius 3 is 2.52 bits per heavy atom. The number of piperazine rings is 1. The van der Waals surface area contributed by atoms with Crippen LogP contribution in [0.25, 0.3) is 0 Å². The van der Waals surface area contributed by atoms with Gasteiger partial charge in [-0.2, -0.15) is 11.3 Å². The smallest absolute Gasteiger partial charge is 0.292 e. The molecule has 2 fully saturated rings. The number of hydrogen-bond acceptors (Lipinski definition) is 5. The fraction of sp³-hybridized carbons (Fsp3) is 0.476. The molecule has 154 valence electrons. The standard InChI is InChI=1S/C21H26N4O3S/c26-21(24-12-10-22(11-13-24)15-17-7-14-29-16-17)18-5-8-23(9-6-18)19-3-1-2-4-20(19)25(27)28/h1-4,7,14,16,18H,5-6,8-13,15H2/p+1. The first-order valence-electron chi connectivity index (χ1n) is 10.2. The van der Waals surface area contributed by atoms with Crippen molar-refractivity contribution in [1.82, 2.24) is 4.90 Å². The van der Waals surface area contributed by atoms with Crippen LogP contribution < -0.4 is 9.80 Å². The largest absolute Gasteiger partial charge is 0.366 e. The second kappa shape index (κ2) is 8.92. The summed E-state index contributed by atoms with van der Waals surface area (Å²) in [4.78, 5) is 29.6. The third-order valence-corrected chi connectivity index (χ3v) is 6.81. The summed E-state index contributed by atoms with van der Waals surface area (Å²) in [5.74, 6) is 0.300. The molecule has 2 aliphatic heterocycles. The molecule has 0 bridgehead atoms. The molecule has 0 aliphatic carbocycles. The van der Waals surface area contributed by atoms with Gasteiger partial charge in [-0.1, -0.05) is 12.1 Å². The van der Waals surface area contributed by atoms with E-state index in [0.717, 1.165) is 45.6 Å². The topological polar surface area (TPSA) is 71.1 Å². The van der Waals surface area contributed by atoms with Gasteiger partial charge in [-0.3, -0.25) is 14.9 Å². The van der Waals surface area contributed by atoms with Gasteiger partial charge < -0.3 is 14.7 Å². The van der Waals surface area contributed by atoms with Gasteiger partial charge in [-0.15, -0.1) is 0 Å². The molecule has 1 N–H and O–H groups in total. The first-order chi connectivity index (χ1) is 14.1. The van der Waals surface area contributed by atoms with E-state index in [2.05, 4.69) is 16.8 Å². The minimum atomic E-state index is -0.329. The summed E-state index contributed by atoms with van der Waals surface area (Å²) in [5.41, 5.74) is 2.18. The lowest BCUT2D eigenvalue weighted by Crippen LogP contribution is -3.13. The van der Waals surface area contributed by atoms with Crippen LogP contribution in [0.15, 0.2) is 41.1 Å². The van der Waals surface area contributed by atoms with Gasteiger partial charge in [0, 0.05) is 30.6 Å². The predicted molar refractivity (Wildman–Crippen MR) is 113 cm³/mol. The number of quaternary nitrogens is 1. The number of para-hydroxylation sites is 2. The van der Waals surface area contributed by atoms with Crippen molar-refractivity contribution < 1.29 is 14.6 Å². The molecule has 8 heteroatoms. The maximum absolute atomic E-state index is 13.0. The Bertz CT molecular complexity index is 841. The molecule has 29 heavy (non-hydrogen) atoms. The lowest BCUT2D eigenvalue weighted by molar-refractivity contribution is -0.917. The zero-order valence-electron chi connectivity index (χ0n) is 16.5. The average molecular weight is 416 g/mol. The van der Waals surface area contributed by atoms with E-state index in [-0.39, 0.29) is 22.4 Å². The number of thiophene rings is 1. The molecule has 7 nitrogen and oxygen atoms in total. The van der Waals surface area contributed by atoms with Gasteiger partial charge in [0.25, 0.3) is 5.69 Å². The van der Waals surface area contributed by atoms with Crippen LogP contribution in [0, 0.1) is 16.0 Å². The minimum absolute atomic E-state index is 0.0347. The Kier molecular flexibility index (Phi) is 6.10. The first kappa shape index (κ1) is 19.8. The number of nitro benzene ring substituents is 1.